The standard InChI is InChI=1S/C31H36N6O2/c1-6-18-31(4,7-2)30(38)39-20-19-37(5)28-15-12-26(13-16-28)34-36-29-17-14-27(21-23(29)3)35-33-25-10-8-24(22-32)9-11-25/h8-17,21H,6-7,18-20H2,1-5H3/b35-33+,36-34+. The number of hydrogen-bond acceptors (Lipinski definition) is 8. The van der Waals surface area contributed by atoms with Crippen molar-refractivity contribution < 1.29 is 9.53 Å². The summed E-state index contributed by atoms with van der Waals surface area (Å²) < 4.78 is 5.58. The molecule has 0 aliphatic carbocycles. The molecule has 8 nitrogen and oxygen atoms in total. The number of likely N-dealkylation sites (N-methyl/N-ethyl adjacent to an activating group) is 1. The summed E-state index contributed by atoms with van der Waals surface area (Å²) in [6.07, 6.45) is 2.57. The Morgan fingerprint density at radius 1 is 0.923 bits per heavy atom. The number of esters is 1. The number of nitriles is 1. The minimum absolute atomic E-state index is 0.117. The molecule has 3 aromatic rings. The van der Waals surface area contributed by atoms with Gasteiger partial charge in [0.05, 0.1) is 46.3 Å². The van der Waals surface area contributed by atoms with Gasteiger partial charge in [0.25, 0.3) is 0 Å². The number of aryl methyl sites for hydroxylation is 1. The number of nitrogens with zero attached hydrogens (tertiary/aromatic N) is 6. The van der Waals surface area contributed by atoms with Gasteiger partial charge in [-0.1, -0.05) is 20.3 Å². The van der Waals surface area contributed by atoms with E-state index in [4.69, 9.17) is 10.00 Å². The van der Waals surface area contributed by atoms with E-state index in [0.717, 1.165) is 41.9 Å². The van der Waals surface area contributed by atoms with Crippen LogP contribution in [-0.2, 0) is 9.53 Å². The van der Waals surface area contributed by atoms with Gasteiger partial charge in [0.15, 0.2) is 0 Å². The Kier molecular flexibility index (Phi) is 10.4. The molecule has 0 aliphatic heterocycles. The van der Waals surface area contributed by atoms with Gasteiger partial charge >= 0.3 is 5.97 Å². The number of ether oxygens (including phenoxy) is 1. The Labute approximate surface area is 231 Å². The van der Waals surface area contributed by atoms with E-state index in [1.807, 2.05) is 75.2 Å². The van der Waals surface area contributed by atoms with Crippen LogP contribution in [0.2, 0.25) is 0 Å². The molecule has 0 fully saturated rings. The van der Waals surface area contributed by atoms with E-state index in [0.29, 0.717) is 30.1 Å². The Morgan fingerprint density at radius 2 is 1.51 bits per heavy atom. The zero-order chi connectivity index (χ0) is 28.3. The van der Waals surface area contributed by atoms with Crippen molar-refractivity contribution in [2.75, 3.05) is 25.1 Å². The molecular formula is C31H36N6O2. The van der Waals surface area contributed by atoms with Crippen LogP contribution in [0.5, 0.6) is 0 Å². The molecule has 39 heavy (non-hydrogen) atoms. The first-order valence-electron chi connectivity index (χ1n) is 13.2. The van der Waals surface area contributed by atoms with Gasteiger partial charge in [0, 0.05) is 12.7 Å². The van der Waals surface area contributed by atoms with E-state index in [-0.39, 0.29) is 5.97 Å². The van der Waals surface area contributed by atoms with Gasteiger partial charge in [-0.2, -0.15) is 25.7 Å². The highest BCUT2D eigenvalue weighted by Gasteiger charge is 2.31. The summed E-state index contributed by atoms with van der Waals surface area (Å²) in [4.78, 5) is 14.6. The van der Waals surface area contributed by atoms with Crippen molar-refractivity contribution in [2.24, 2.45) is 25.9 Å². The maximum absolute atomic E-state index is 12.5. The largest absolute Gasteiger partial charge is 0.463 e. The average molecular weight is 525 g/mol. The average Bonchev–Trinajstić information content (AvgIpc) is 2.96. The fourth-order valence-corrected chi connectivity index (χ4v) is 3.97. The summed E-state index contributed by atoms with van der Waals surface area (Å²) in [6, 6.07) is 22.4. The zero-order valence-electron chi connectivity index (χ0n) is 23.4. The molecule has 1 atom stereocenters. The third-order valence-corrected chi connectivity index (χ3v) is 6.76. The van der Waals surface area contributed by atoms with Gasteiger partial charge in [-0.25, -0.2) is 0 Å². The lowest BCUT2D eigenvalue weighted by Crippen LogP contribution is -2.32. The van der Waals surface area contributed by atoms with Crippen LogP contribution in [0.25, 0.3) is 0 Å². The van der Waals surface area contributed by atoms with Crippen molar-refractivity contribution in [1.82, 2.24) is 0 Å². The second kappa shape index (κ2) is 14.0. The van der Waals surface area contributed by atoms with Gasteiger partial charge in [-0.15, -0.1) is 0 Å². The van der Waals surface area contributed by atoms with Crippen LogP contribution in [0, 0.1) is 23.7 Å². The normalized spacial score (nSPS) is 12.8. The predicted octanol–water partition coefficient (Wildman–Crippen LogP) is 8.89. The molecule has 0 saturated carbocycles. The molecule has 3 aromatic carbocycles. The van der Waals surface area contributed by atoms with E-state index in [1.165, 1.54) is 0 Å². The minimum atomic E-state index is -0.408. The minimum Gasteiger partial charge on any atom is -0.463 e. The summed E-state index contributed by atoms with van der Waals surface area (Å²) in [7, 11) is 1.97. The van der Waals surface area contributed by atoms with Crippen LogP contribution in [0.4, 0.5) is 28.4 Å². The van der Waals surface area contributed by atoms with E-state index in [2.05, 4.69) is 33.4 Å². The van der Waals surface area contributed by atoms with Crippen molar-refractivity contribution in [3.63, 3.8) is 0 Å². The second-order valence-corrected chi connectivity index (χ2v) is 9.77. The number of hydrogen-bond donors (Lipinski definition) is 0. The predicted molar refractivity (Wildman–Crippen MR) is 155 cm³/mol. The fraction of sp³-hybridized carbons (Fsp3) is 0.355. The SMILES string of the molecule is CCCC(C)(CC)C(=O)OCCN(C)c1ccc(/N=N/c2ccc(/N=N/c3ccc(C#N)cc3)cc2C)cc1. The highest BCUT2D eigenvalue weighted by atomic mass is 16.5. The molecule has 0 bridgehead atoms. The lowest BCUT2D eigenvalue weighted by molar-refractivity contribution is -0.155. The van der Waals surface area contributed by atoms with Crippen molar-refractivity contribution >= 4 is 34.4 Å². The molecule has 3 rings (SSSR count). The van der Waals surface area contributed by atoms with Gasteiger partial charge in [0.1, 0.15) is 6.61 Å². The van der Waals surface area contributed by atoms with E-state index < -0.39 is 5.41 Å². The Bertz CT molecular complexity index is 1340. The zero-order valence-corrected chi connectivity index (χ0v) is 23.4. The molecular weight excluding hydrogens is 488 g/mol. The molecule has 0 saturated heterocycles. The third-order valence-electron chi connectivity index (χ3n) is 6.76. The van der Waals surface area contributed by atoms with Crippen molar-refractivity contribution in [1.29, 1.82) is 5.26 Å². The molecule has 202 valence electrons. The van der Waals surface area contributed by atoms with Crippen LogP contribution in [0.15, 0.2) is 87.2 Å². The van der Waals surface area contributed by atoms with Gasteiger partial charge < -0.3 is 9.64 Å². The van der Waals surface area contributed by atoms with Crippen LogP contribution >= 0.6 is 0 Å². The van der Waals surface area contributed by atoms with Crippen LogP contribution < -0.4 is 4.90 Å². The Morgan fingerprint density at radius 3 is 2.10 bits per heavy atom. The van der Waals surface area contributed by atoms with Crippen LogP contribution in [0.1, 0.15) is 51.2 Å². The molecule has 0 aromatic heterocycles. The topological polar surface area (TPSA) is 103 Å². The molecule has 8 heteroatoms. The first-order valence-corrected chi connectivity index (χ1v) is 13.2. The monoisotopic (exact) mass is 524 g/mol. The van der Waals surface area contributed by atoms with Crippen molar-refractivity contribution in [3.8, 4) is 6.07 Å². The molecule has 0 aliphatic rings. The number of carbonyl (C=O) groups is 1. The summed E-state index contributed by atoms with van der Waals surface area (Å²) >= 11 is 0. The second-order valence-electron chi connectivity index (χ2n) is 9.77. The first kappa shape index (κ1) is 29.2. The van der Waals surface area contributed by atoms with E-state index >= 15 is 0 Å². The number of benzene rings is 3. The van der Waals surface area contributed by atoms with E-state index in [9.17, 15) is 4.79 Å². The number of rotatable bonds is 12. The van der Waals surface area contributed by atoms with Gasteiger partial charge in [0.2, 0.25) is 0 Å². The number of anilines is 1. The van der Waals surface area contributed by atoms with Crippen LogP contribution in [-0.4, -0.2) is 26.2 Å². The molecule has 1 unspecified atom stereocenters. The van der Waals surface area contributed by atoms with Crippen molar-refractivity contribution in [3.05, 3.63) is 77.9 Å². The van der Waals surface area contributed by atoms with Crippen LogP contribution in [0.3, 0.4) is 0 Å². The summed E-state index contributed by atoms with van der Waals surface area (Å²) in [6.45, 7) is 9.00. The lowest BCUT2D eigenvalue weighted by atomic mass is 9.83. The van der Waals surface area contributed by atoms with E-state index in [1.54, 1.807) is 24.3 Å². The molecule has 0 heterocycles. The Hall–Kier alpha value is -4.38. The maximum atomic E-state index is 12.5. The molecule has 0 radical (unpaired) electrons. The van der Waals surface area contributed by atoms with Gasteiger partial charge in [-0.05, 0) is 99.0 Å². The molecule has 0 amide bonds. The first-order chi connectivity index (χ1) is 18.8. The summed E-state index contributed by atoms with van der Waals surface area (Å²) in [5.41, 5.74) is 4.98. The fourth-order valence-electron chi connectivity index (χ4n) is 3.97. The number of azo groups is 2. The quantitative estimate of drug-likeness (QED) is 0.174. The number of carbonyl (C=O) groups excluding carboxylic acids is 1. The Balaban J connectivity index is 1.54. The van der Waals surface area contributed by atoms with Gasteiger partial charge in [-0.3, -0.25) is 4.79 Å². The van der Waals surface area contributed by atoms with Crippen molar-refractivity contribution in [2.45, 2.75) is 47.0 Å². The smallest absolute Gasteiger partial charge is 0.311 e. The third kappa shape index (κ3) is 8.30. The lowest BCUT2D eigenvalue weighted by Gasteiger charge is -2.26. The summed E-state index contributed by atoms with van der Waals surface area (Å²) in [5.74, 6) is -0.117. The summed E-state index contributed by atoms with van der Waals surface area (Å²) in [5, 5.41) is 26.2. The maximum Gasteiger partial charge on any atom is 0.311 e. The molecule has 0 N–H and O–H groups in total. The molecule has 0 spiro atoms. The highest BCUT2D eigenvalue weighted by molar-refractivity contribution is 5.76. The highest BCUT2D eigenvalue weighted by Crippen LogP contribution is 2.30.